The molecule has 0 bridgehead atoms. The van der Waals surface area contributed by atoms with Crippen LogP contribution in [0.3, 0.4) is 0 Å². The first-order valence-corrected chi connectivity index (χ1v) is 29.1. The molecule has 0 saturated carbocycles. The molecule has 0 aromatic heterocycles. The number of aliphatic hydroxyl groups excluding tert-OH is 7. The minimum absolute atomic E-state index is 0.174. The number of esters is 2. The van der Waals surface area contributed by atoms with Crippen LogP contribution in [0, 0.1) is 0 Å². The van der Waals surface area contributed by atoms with E-state index in [4.69, 9.17) is 28.4 Å². The Bertz CT molecular complexity index is 1240. The zero-order valence-electron chi connectivity index (χ0n) is 44.7. The molecule has 0 radical (unpaired) electrons. The topological polar surface area (TPSA) is 231 Å². The smallest absolute Gasteiger partial charge is 0.306 e. The third-order valence-corrected chi connectivity index (χ3v) is 14.3. The number of ether oxygens (including phenoxy) is 6. The van der Waals surface area contributed by atoms with Gasteiger partial charge in [-0.3, -0.25) is 9.59 Å². The van der Waals surface area contributed by atoms with E-state index >= 15 is 0 Å². The standard InChI is InChI=1S/C56H106O15/c1-3-5-7-9-11-13-15-17-19-21-23-25-27-29-31-33-35-37-39-48(59)69-44(41-66-47(58)38-36-34-32-30-28-26-24-22-20-18-16-14-12-10-8-6-4-2)42-67-55-54(65)52(63)50(61)46(71-55)43-68-56-53(64)51(62)49(60)45(40-57)70-56/h44-46,49-57,60-65H,3-43H2,1-2H3/t44-,45+,46+,49-,50-,51?,52?,53?,54?,55+,56+/m1/s1. The molecule has 4 unspecified atom stereocenters. The van der Waals surface area contributed by atoms with Crippen molar-refractivity contribution in [3.05, 3.63) is 0 Å². The first-order valence-electron chi connectivity index (χ1n) is 29.1. The summed E-state index contributed by atoms with van der Waals surface area (Å²) in [6.45, 7) is 2.66. The number of unbranched alkanes of at least 4 members (excludes halogenated alkanes) is 33. The number of carbonyl (C=O) groups excluding carboxylic acids is 2. The van der Waals surface area contributed by atoms with Crippen LogP contribution in [-0.4, -0.2) is 142 Å². The van der Waals surface area contributed by atoms with Gasteiger partial charge in [-0.2, -0.15) is 0 Å². The van der Waals surface area contributed by atoms with Crippen molar-refractivity contribution in [1.82, 2.24) is 0 Å². The molecular weight excluding hydrogens is 913 g/mol. The van der Waals surface area contributed by atoms with Crippen LogP contribution in [0.15, 0.2) is 0 Å². The highest BCUT2D eigenvalue weighted by atomic mass is 16.7. The number of hydrogen-bond donors (Lipinski definition) is 7. The summed E-state index contributed by atoms with van der Waals surface area (Å²) in [7, 11) is 0. The van der Waals surface area contributed by atoms with Crippen molar-refractivity contribution in [1.29, 1.82) is 0 Å². The molecule has 7 N–H and O–H groups in total. The summed E-state index contributed by atoms with van der Waals surface area (Å²) in [6, 6.07) is 0. The van der Waals surface area contributed by atoms with Crippen LogP contribution in [0.5, 0.6) is 0 Å². The predicted octanol–water partition coefficient (Wildman–Crippen LogP) is 9.56. The molecular formula is C56H106O15. The molecule has 2 saturated heterocycles. The van der Waals surface area contributed by atoms with Crippen molar-refractivity contribution in [2.45, 2.75) is 319 Å². The summed E-state index contributed by atoms with van der Waals surface area (Å²) in [5, 5.41) is 72.2. The molecule has 15 heteroatoms. The quantitative estimate of drug-likeness (QED) is 0.0222. The lowest BCUT2D eigenvalue weighted by Crippen LogP contribution is -2.61. The van der Waals surface area contributed by atoms with Crippen LogP contribution < -0.4 is 0 Å². The minimum Gasteiger partial charge on any atom is -0.462 e. The van der Waals surface area contributed by atoms with Crippen molar-refractivity contribution in [2.24, 2.45) is 0 Å². The average Bonchev–Trinajstić information content (AvgIpc) is 3.36. The largest absolute Gasteiger partial charge is 0.462 e. The van der Waals surface area contributed by atoms with E-state index in [0.717, 1.165) is 38.5 Å². The van der Waals surface area contributed by atoms with Crippen LogP contribution in [0.1, 0.15) is 251 Å². The Balaban J connectivity index is 1.75. The highest BCUT2D eigenvalue weighted by Gasteiger charge is 2.47. The first-order chi connectivity index (χ1) is 34.5. The summed E-state index contributed by atoms with van der Waals surface area (Å²) in [6.07, 6.45) is 26.9. The zero-order valence-corrected chi connectivity index (χ0v) is 44.7. The van der Waals surface area contributed by atoms with Crippen molar-refractivity contribution in [2.75, 3.05) is 26.4 Å². The van der Waals surface area contributed by atoms with E-state index in [1.54, 1.807) is 0 Å². The van der Waals surface area contributed by atoms with Crippen molar-refractivity contribution in [3.8, 4) is 0 Å². The van der Waals surface area contributed by atoms with Crippen molar-refractivity contribution < 1.29 is 73.8 Å². The highest BCUT2D eigenvalue weighted by molar-refractivity contribution is 5.70. The van der Waals surface area contributed by atoms with Gasteiger partial charge in [0.1, 0.15) is 55.4 Å². The monoisotopic (exact) mass is 1020 g/mol. The number of hydrogen-bond acceptors (Lipinski definition) is 15. The van der Waals surface area contributed by atoms with E-state index in [0.29, 0.717) is 12.8 Å². The highest BCUT2D eigenvalue weighted by Crippen LogP contribution is 2.27. The second kappa shape index (κ2) is 43.7. The van der Waals surface area contributed by atoms with Gasteiger partial charge in [-0.25, -0.2) is 0 Å². The van der Waals surface area contributed by atoms with Crippen LogP contribution in [0.2, 0.25) is 0 Å². The molecule has 0 amide bonds. The molecule has 2 aliphatic heterocycles. The molecule has 420 valence electrons. The summed E-state index contributed by atoms with van der Waals surface area (Å²) in [5.74, 6) is -0.904. The summed E-state index contributed by atoms with van der Waals surface area (Å²) >= 11 is 0. The molecule has 2 rings (SSSR count). The van der Waals surface area contributed by atoms with Crippen LogP contribution in [0.25, 0.3) is 0 Å². The average molecular weight is 1020 g/mol. The molecule has 11 atom stereocenters. The van der Waals surface area contributed by atoms with Gasteiger partial charge in [0.25, 0.3) is 0 Å². The van der Waals surface area contributed by atoms with Crippen molar-refractivity contribution in [3.63, 3.8) is 0 Å². The molecule has 0 aliphatic carbocycles. The number of aliphatic hydroxyl groups is 7. The van der Waals surface area contributed by atoms with Gasteiger partial charge < -0.3 is 64.2 Å². The van der Waals surface area contributed by atoms with E-state index < -0.39 is 92.7 Å². The Morgan fingerprint density at radius 3 is 1.10 bits per heavy atom. The predicted molar refractivity (Wildman–Crippen MR) is 275 cm³/mol. The molecule has 71 heavy (non-hydrogen) atoms. The lowest BCUT2D eigenvalue weighted by Gasteiger charge is -2.42. The third kappa shape index (κ3) is 31.2. The SMILES string of the molecule is CCCCCCCCCCCCCCCCCCCCC(=O)O[C@H](COC(=O)CCCCCCCCCCCCCCCCCCC)CO[C@H]1O[C@@H](CO[C@H]2O[C@@H](CO)[C@@H](O)C(O)C2O)[C@@H](O)C(O)C1O. The Morgan fingerprint density at radius 2 is 0.718 bits per heavy atom. The Labute approximate surface area is 429 Å². The molecule has 15 nitrogen and oxygen atoms in total. The van der Waals surface area contributed by atoms with Gasteiger partial charge in [0.2, 0.25) is 0 Å². The summed E-state index contributed by atoms with van der Waals surface area (Å²) < 4.78 is 33.7. The van der Waals surface area contributed by atoms with Gasteiger partial charge in [0, 0.05) is 12.8 Å². The van der Waals surface area contributed by atoms with Crippen molar-refractivity contribution >= 4 is 11.9 Å². The van der Waals surface area contributed by atoms with Gasteiger partial charge in [0.15, 0.2) is 18.7 Å². The Kier molecular flexibility index (Phi) is 40.4. The zero-order chi connectivity index (χ0) is 51.7. The summed E-state index contributed by atoms with van der Waals surface area (Å²) in [4.78, 5) is 25.9. The lowest BCUT2D eigenvalue weighted by atomic mass is 9.98. The van der Waals surface area contributed by atoms with Gasteiger partial charge in [-0.15, -0.1) is 0 Å². The van der Waals surface area contributed by atoms with Gasteiger partial charge in [0.05, 0.1) is 19.8 Å². The van der Waals surface area contributed by atoms with Crippen LogP contribution in [0.4, 0.5) is 0 Å². The first kappa shape index (κ1) is 65.6. The Morgan fingerprint density at radius 1 is 0.394 bits per heavy atom. The van der Waals surface area contributed by atoms with E-state index in [9.17, 15) is 45.3 Å². The fourth-order valence-corrected chi connectivity index (χ4v) is 9.57. The number of rotatable bonds is 47. The molecule has 2 fully saturated rings. The number of carbonyl (C=O) groups is 2. The van der Waals surface area contributed by atoms with E-state index in [1.165, 1.54) is 173 Å². The molecule has 2 aliphatic rings. The fraction of sp³-hybridized carbons (Fsp3) is 0.964. The molecule has 0 aromatic rings. The minimum atomic E-state index is -1.76. The normalized spacial score (nSPS) is 25.1. The van der Waals surface area contributed by atoms with E-state index in [1.807, 2.05) is 0 Å². The lowest BCUT2D eigenvalue weighted by molar-refractivity contribution is -0.332. The van der Waals surface area contributed by atoms with Crippen LogP contribution >= 0.6 is 0 Å². The van der Waals surface area contributed by atoms with Gasteiger partial charge in [-0.05, 0) is 12.8 Å². The van der Waals surface area contributed by atoms with E-state index in [2.05, 4.69) is 13.8 Å². The second-order valence-corrected chi connectivity index (χ2v) is 20.8. The Hall–Kier alpha value is -1.50. The maximum atomic E-state index is 13.1. The van der Waals surface area contributed by atoms with Crippen LogP contribution in [-0.2, 0) is 38.0 Å². The maximum Gasteiger partial charge on any atom is 0.306 e. The van der Waals surface area contributed by atoms with Gasteiger partial charge >= 0.3 is 11.9 Å². The van der Waals surface area contributed by atoms with E-state index in [-0.39, 0.29) is 26.1 Å². The molecule has 0 spiro atoms. The molecule has 0 aromatic carbocycles. The molecule has 2 heterocycles. The second-order valence-electron chi connectivity index (χ2n) is 20.8. The van der Waals surface area contributed by atoms with Gasteiger partial charge in [-0.1, -0.05) is 226 Å². The maximum absolute atomic E-state index is 13.1. The summed E-state index contributed by atoms with van der Waals surface area (Å²) in [5.41, 5.74) is 0. The third-order valence-electron chi connectivity index (χ3n) is 14.3. The fourth-order valence-electron chi connectivity index (χ4n) is 9.57.